The summed E-state index contributed by atoms with van der Waals surface area (Å²) in [4.78, 5) is 64.7. The van der Waals surface area contributed by atoms with Crippen molar-refractivity contribution in [1.82, 2.24) is 16.0 Å². The van der Waals surface area contributed by atoms with Crippen LogP contribution in [0.1, 0.15) is 88.6 Å². The molecule has 0 bridgehead atoms. The Labute approximate surface area is 331 Å². The van der Waals surface area contributed by atoms with Crippen LogP contribution in [0.3, 0.4) is 0 Å². The molecule has 0 aliphatic carbocycles. The van der Waals surface area contributed by atoms with Crippen LogP contribution in [-0.4, -0.2) is 121 Å². The Balaban J connectivity index is 2.04. The second-order valence-electron chi connectivity index (χ2n) is 13.2. The summed E-state index contributed by atoms with van der Waals surface area (Å²) in [5.74, 6) is -1.11. The van der Waals surface area contributed by atoms with Crippen LogP contribution in [0.2, 0.25) is 0 Å². The Morgan fingerprint density at radius 1 is 0.804 bits per heavy atom. The molecular weight excluding hydrogens is 730 g/mol. The van der Waals surface area contributed by atoms with Crippen molar-refractivity contribution in [2.75, 3.05) is 79.2 Å². The minimum absolute atomic E-state index is 0.0113. The minimum atomic E-state index is -0.729. The third kappa shape index (κ3) is 27.3. The zero-order chi connectivity index (χ0) is 41.2. The first-order valence-electron chi connectivity index (χ1n) is 19.5. The lowest BCUT2D eigenvalue weighted by molar-refractivity contribution is -0.142. The number of oxime groups is 1. The first-order chi connectivity index (χ1) is 27.0. The summed E-state index contributed by atoms with van der Waals surface area (Å²) >= 11 is 0. The van der Waals surface area contributed by atoms with Crippen molar-refractivity contribution < 1.29 is 57.2 Å². The van der Waals surface area contributed by atoms with E-state index in [0.29, 0.717) is 103 Å². The van der Waals surface area contributed by atoms with E-state index in [-0.39, 0.29) is 44.1 Å². The highest BCUT2D eigenvalue weighted by Crippen LogP contribution is 2.16. The number of rotatable bonds is 34. The summed E-state index contributed by atoms with van der Waals surface area (Å²) in [6.07, 6.45) is 5.64. The quantitative estimate of drug-likeness (QED) is 0.0342. The first-order valence-corrected chi connectivity index (χ1v) is 19.5. The number of nitrogens with zero attached hydrogens (tertiary/aromatic N) is 1. The van der Waals surface area contributed by atoms with Crippen LogP contribution in [0.15, 0.2) is 29.4 Å². The van der Waals surface area contributed by atoms with E-state index in [2.05, 4.69) is 39.7 Å². The smallest absolute Gasteiger partial charge is 0.407 e. The molecule has 2 atom stereocenters. The van der Waals surface area contributed by atoms with Crippen LogP contribution in [0.5, 0.6) is 0 Å². The molecule has 0 fully saturated rings. The van der Waals surface area contributed by atoms with Gasteiger partial charge in [0, 0.05) is 44.3 Å². The molecule has 0 saturated carbocycles. The fourth-order valence-electron chi connectivity index (χ4n) is 5.03. The maximum absolute atomic E-state index is 12.7. The average molecular weight is 796 g/mol. The van der Waals surface area contributed by atoms with Crippen LogP contribution < -0.4 is 21.7 Å². The second kappa shape index (κ2) is 32.9. The number of esters is 1. The van der Waals surface area contributed by atoms with Gasteiger partial charge in [0.1, 0.15) is 25.9 Å². The van der Waals surface area contributed by atoms with E-state index < -0.39 is 24.0 Å². The molecule has 5 N–H and O–H groups in total. The SMILES string of the molecule is CC[C@@H](CC(C)C)C(=O)N[C@@H](CCCCNC(=O)c1cccc(CO/N=C\CCCOCCOCCOCCOCCNC(=O)OCCOC(C)=O)c1)C(N)=O. The maximum atomic E-state index is 12.7. The van der Waals surface area contributed by atoms with Gasteiger partial charge in [0.15, 0.2) is 0 Å². The summed E-state index contributed by atoms with van der Waals surface area (Å²) in [5, 5.41) is 12.2. The van der Waals surface area contributed by atoms with E-state index in [4.69, 9.17) is 34.3 Å². The van der Waals surface area contributed by atoms with Crippen LogP contribution in [0, 0.1) is 11.8 Å². The predicted molar refractivity (Wildman–Crippen MR) is 209 cm³/mol. The molecule has 0 heterocycles. The van der Waals surface area contributed by atoms with E-state index in [0.717, 1.165) is 18.4 Å². The molecule has 0 aliphatic rings. The van der Waals surface area contributed by atoms with E-state index >= 15 is 0 Å². The van der Waals surface area contributed by atoms with Crippen molar-refractivity contribution in [3.8, 4) is 0 Å². The third-order valence-electron chi connectivity index (χ3n) is 7.93. The molecule has 17 nitrogen and oxygen atoms in total. The molecule has 318 valence electrons. The molecule has 1 rings (SSSR count). The number of benzene rings is 1. The number of hydrogen-bond acceptors (Lipinski definition) is 13. The number of alkyl carbamates (subject to hydrolysis) is 1. The zero-order valence-corrected chi connectivity index (χ0v) is 33.7. The minimum Gasteiger partial charge on any atom is -0.462 e. The predicted octanol–water partition coefficient (Wildman–Crippen LogP) is 3.27. The first kappa shape index (κ1) is 49.7. The molecule has 0 spiro atoms. The molecule has 0 unspecified atom stereocenters. The van der Waals surface area contributed by atoms with E-state index in [9.17, 15) is 24.0 Å². The molecule has 0 radical (unpaired) electrons. The molecule has 1 aromatic carbocycles. The van der Waals surface area contributed by atoms with Crippen LogP contribution in [-0.2, 0) is 54.2 Å². The monoisotopic (exact) mass is 795 g/mol. The van der Waals surface area contributed by atoms with Gasteiger partial charge in [0.05, 0.1) is 46.2 Å². The van der Waals surface area contributed by atoms with Gasteiger partial charge in [-0.2, -0.15) is 0 Å². The number of nitrogens with one attached hydrogen (secondary N) is 3. The topological polar surface area (TPSA) is 224 Å². The van der Waals surface area contributed by atoms with Crippen LogP contribution >= 0.6 is 0 Å². The highest BCUT2D eigenvalue weighted by Gasteiger charge is 2.23. The average Bonchev–Trinajstić information content (AvgIpc) is 3.16. The number of primary amides is 1. The van der Waals surface area contributed by atoms with Gasteiger partial charge in [-0.25, -0.2) is 4.79 Å². The number of amides is 4. The molecule has 1 aromatic rings. The Kier molecular flexibility index (Phi) is 29.2. The van der Waals surface area contributed by atoms with Crippen molar-refractivity contribution in [2.45, 2.75) is 85.3 Å². The van der Waals surface area contributed by atoms with Gasteiger partial charge in [-0.1, -0.05) is 38.1 Å². The standard InChI is InChI=1S/C39H65N5O12/c1-5-33(27-30(2)3)38(48)44-35(36(40)46)13-6-7-14-41-37(47)34-12-10-11-32(28-34)29-56-43-15-8-9-17-50-19-21-52-23-24-53-22-20-51-18-16-42-39(49)55-26-25-54-31(4)45/h10-12,15,28,30,33,35H,5-9,13-14,16-27,29H2,1-4H3,(H2,40,46)(H,41,47)(H,42,49)(H,44,48)/b43-15-/t33-,35-/m0/s1. The van der Waals surface area contributed by atoms with Gasteiger partial charge in [-0.3, -0.25) is 19.2 Å². The summed E-state index contributed by atoms with van der Waals surface area (Å²) < 4.78 is 31.3. The summed E-state index contributed by atoms with van der Waals surface area (Å²) in [6.45, 7) is 11.7. The number of unbranched alkanes of at least 4 members (excludes halogenated alkanes) is 2. The molecule has 4 amide bonds. The number of nitrogens with two attached hydrogens (primary N) is 1. The fraction of sp³-hybridized carbons (Fsp3) is 0.692. The highest BCUT2D eigenvalue weighted by atomic mass is 16.6. The van der Waals surface area contributed by atoms with Crippen molar-refractivity contribution in [3.05, 3.63) is 35.4 Å². The molecule has 0 aliphatic heterocycles. The van der Waals surface area contributed by atoms with Crippen molar-refractivity contribution in [2.24, 2.45) is 22.7 Å². The Morgan fingerprint density at radius 3 is 2.11 bits per heavy atom. The normalized spacial score (nSPS) is 12.2. The maximum Gasteiger partial charge on any atom is 0.407 e. The molecular formula is C39H65N5O12. The third-order valence-corrected chi connectivity index (χ3v) is 7.93. The molecule has 17 heteroatoms. The van der Waals surface area contributed by atoms with Crippen LogP contribution in [0.4, 0.5) is 4.79 Å². The van der Waals surface area contributed by atoms with Gasteiger partial charge in [0.25, 0.3) is 5.91 Å². The Bertz CT molecular complexity index is 1280. The number of carbonyl (C=O) groups excluding carboxylic acids is 5. The van der Waals surface area contributed by atoms with Gasteiger partial charge in [-0.05, 0) is 68.6 Å². The number of carbonyl (C=O) groups is 5. The van der Waals surface area contributed by atoms with Gasteiger partial charge in [-0.15, -0.1) is 0 Å². The molecule has 0 saturated heterocycles. The molecule has 56 heavy (non-hydrogen) atoms. The van der Waals surface area contributed by atoms with E-state index in [1.807, 2.05) is 13.0 Å². The van der Waals surface area contributed by atoms with Gasteiger partial charge < -0.3 is 54.9 Å². The fourth-order valence-corrected chi connectivity index (χ4v) is 5.03. The van der Waals surface area contributed by atoms with Gasteiger partial charge in [0.2, 0.25) is 11.8 Å². The lowest BCUT2D eigenvalue weighted by Crippen LogP contribution is -2.46. The largest absolute Gasteiger partial charge is 0.462 e. The Morgan fingerprint density at radius 2 is 1.46 bits per heavy atom. The van der Waals surface area contributed by atoms with Crippen LogP contribution in [0.25, 0.3) is 0 Å². The summed E-state index contributed by atoms with van der Waals surface area (Å²) in [5.41, 5.74) is 6.85. The Hall–Kier alpha value is -4.32. The lowest BCUT2D eigenvalue weighted by atomic mass is 9.93. The van der Waals surface area contributed by atoms with E-state index in [1.165, 1.54) is 6.92 Å². The number of ether oxygens (including phenoxy) is 6. The second-order valence-corrected chi connectivity index (χ2v) is 13.2. The van der Waals surface area contributed by atoms with Gasteiger partial charge >= 0.3 is 12.1 Å². The lowest BCUT2D eigenvalue weighted by Gasteiger charge is -2.21. The van der Waals surface area contributed by atoms with Crippen molar-refractivity contribution >= 4 is 36.0 Å². The van der Waals surface area contributed by atoms with Crippen molar-refractivity contribution in [1.29, 1.82) is 0 Å². The van der Waals surface area contributed by atoms with Crippen molar-refractivity contribution in [3.63, 3.8) is 0 Å². The summed E-state index contributed by atoms with van der Waals surface area (Å²) in [6, 6.07) is 6.40. The molecule has 0 aromatic heterocycles. The highest BCUT2D eigenvalue weighted by molar-refractivity contribution is 5.94. The number of hydrogen-bond donors (Lipinski definition) is 4. The zero-order valence-electron chi connectivity index (χ0n) is 33.7. The summed E-state index contributed by atoms with van der Waals surface area (Å²) in [7, 11) is 0. The van der Waals surface area contributed by atoms with E-state index in [1.54, 1.807) is 24.4 Å².